The second-order valence-corrected chi connectivity index (χ2v) is 41.9. The highest BCUT2D eigenvalue weighted by molar-refractivity contribution is 7.43. The highest BCUT2D eigenvalue weighted by Gasteiger charge is 2.37. The summed E-state index contributed by atoms with van der Waals surface area (Å²) >= 11 is 0. The maximum Gasteiger partial charge on any atom is 0.530 e. The number of hydrogen-bond acceptors (Lipinski definition) is 9. The van der Waals surface area contributed by atoms with Gasteiger partial charge in [0.25, 0.3) is 0 Å². The van der Waals surface area contributed by atoms with Crippen molar-refractivity contribution in [2.45, 2.75) is 507 Å². The molecule has 0 aliphatic rings. The largest absolute Gasteiger partial charge is 0.530 e. The van der Waals surface area contributed by atoms with Crippen LogP contribution in [-0.4, -0.2) is 37.7 Å². The van der Waals surface area contributed by atoms with E-state index in [-0.39, 0.29) is 50.4 Å². The Bertz CT molecular complexity index is 2640. The van der Waals surface area contributed by atoms with Gasteiger partial charge in [-0.15, -0.1) is 0 Å². The zero-order valence-electron chi connectivity index (χ0n) is 78.7. The monoisotopic (exact) mass is 1620 g/mol. The number of aryl methyl sites for hydroxylation is 3. The number of rotatable bonds is 72. The zero-order chi connectivity index (χ0) is 84.5. The lowest BCUT2D eigenvalue weighted by Gasteiger charge is -2.36. The third kappa shape index (κ3) is 53.3. The van der Waals surface area contributed by atoms with Crippen molar-refractivity contribution in [3.05, 3.63) is 88.0 Å². The molecule has 3 aromatic rings. The maximum atomic E-state index is 13.5. The van der Waals surface area contributed by atoms with Gasteiger partial charge in [0.1, 0.15) is 17.2 Å². The second-order valence-electron chi connectivity index (χ2n) is 40.9. The first kappa shape index (κ1) is 105. The smallest absolute Gasteiger partial charge is 0.466 e. The predicted octanol–water partition coefficient (Wildman–Crippen LogP) is 33.8. The molecular weight excluding hydrogens is 1440 g/mol. The van der Waals surface area contributed by atoms with Gasteiger partial charge in [-0.25, -0.2) is 0 Å². The number of ether oxygens (including phenoxy) is 3. The van der Waals surface area contributed by atoms with Gasteiger partial charge < -0.3 is 27.8 Å². The summed E-state index contributed by atoms with van der Waals surface area (Å²) in [6.45, 7) is 42.7. The molecule has 3 aromatic carbocycles. The van der Waals surface area contributed by atoms with Gasteiger partial charge >= 0.3 is 26.5 Å². The van der Waals surface area contributed by atoms with Crippen LogP contribution in [0.5, 0.6) is 17.2 Å². The molecule has 0 unspecified atom stereocenters. The molecule has 0 amide bonds. The molecule has 0 N–H and O–H groups in total. The number of unbranched alkanes of at least 4 members (excludes halogenated alkanes) is 45. The average molecular weight is 1620 g/mol. The molecule has 0 saturated heterocycles. The minimum absolute atomic E-state index is 0.0281. The number of hydrogen-bond donors (Lipinski definition) is 0. The fourth-order valence-corrected chi connectivity index (χ4v) is 19.1. The molecule has 0 saturated carbocycles. The first-order valence-corrected chi connectivity index (χ1v) is 49.7. The van der Waals surface area contributed by atoms with E-state index in [0.717, 1.165) is 91.2 Å². The van der Waals surface area contributed by atoms with Crippen molar-refractivity contribution in [3.63, 3.8) is 0 Å². The summed E-state index contributed by atoms with van der Waals surface area (Å²) in [5.41, 5.74) is 5.01. The summed E-state index contributed by atoms with van der Waals surface area (Å²) in [7, 11) is -2.25. The van der Waals surface area contributed by atoms with Crippen LogP contribution in [-0.2, 0) is 64.1 Å². The molecule has 10 heteroatoms. The first-order chi connectivity index (χ1) is 54.9. The van der Waals surface area contributed by atoms with Gasteiger partial charge in [0.05, 0.1) is 19.8 Å². The van der Waals surface area contributed by atoms with Gasteiger partial charge in [-0.3, -0.25) is 14.4 Å². The van der Waals surface area contributed by atoms with Gasteiger partial charge in [-0.1, -0.05) is 450 Å². The van der Waals surface area contributed by atoms with Crippen LogP contribution in [0, 0.1) is 16.2 Å². The summed E-state index contributed by atoms with van der Waals surface area (Å²) in [5, 5.41) is 0. The summed E-state index contributed by atoms with van der Waals surface area (Å²) < 4.78 is 40.0. The van der Waals surface area contributed by atoms with Crippen molar-refractivity contribution >= 4 is 26.5 Å². The summed E-state index contributed by atoms with van der Waals surface area (Å²) in [6.07, 6.45) is 67.9. The molecular formula is C105H183O9P. The van der Waals surface area contributed by atoms with Gasteiger partial charge in [0.2, 0.25) is 0 Å². The number of carbonyl (C=O) groups is 3. The van der Waals surface area contributed by atoms with Crippen molar-refractivity contribution in [2.75, 3.05) is 19.8 Å². The minimum Gasteiger partial charge on any atom is -0.466 e. The molecule has 3 rings (SSSR count). The molecule has 0 fully saturated rings. The third-order valence-corrected chi connectivity index (χ3v) is 24.4. The van der Waals surface area contributed by atoms with E-state index in [1.54, 1.807) is 0 Å². The van der Waals surface area contributed by atoms with Crippen molar-refractivity contribution < 1.29 is 42.2 Å². The molecule has 0 spiro atoms. The standard InChI is InChI=1S/C105H183O9P/c1-19-22-25-28-31-34-37-40-43-46-49-52-55-58-61-64-79-109-97(106)76-70-88-67-73-94(91(82-88)103(13,14)85-100(4,5)6)112-115(113-95-74-68-89(83-92(95)104(15,16)86-101(7,8)9)71-77-98(107)110-80-65-62-59-56-53-50-47-44-41-38-35-32-29-26-23-20-2)114-96-75-69-90(84-93(96)105(17,18)87-102(10,11)12)72-78-99(108)111-81-66-63-60-57-54-51-48-45-42-39-36-33-30-27-24-21-3/h67-69,73-75,82-84H,19-66,70-72,76-81,85-87H2,1-18H3. The third-order valence-electron chi connectivity index (χ3n) is 23.4. The average Bonchev–Trinajstić information content (AvgIpc) is 0.784. The SMILES string of the molecule is CCCCCCCCCCCCCCCCCCOC(=O)CCc1ccc(OP(Oc2ccc(CCC(=O)OCCCCCCCCCCCCCCCCCC)cc2C(C)(C)CC(C)(C)C)Oc2ccc(CCC(=O)OCCCCCCCCCCCCCCCCCC)cc2C(C)(C)CC(C)(C)C)c(C(C)(C)CC(C)(C)C)c1. The van der Waals surface area contributed by atoms with Crippen LogP contribution < -0.4 is 13.6 Å². The summed E-state index contributed by atoms with van der Waals surface area (Å²) in [6, 6.07) is 19.2. The van der Waals surface area contributed by atoms with E-state index in [1.807, 2.05) is 0 Å². The quantitative estimate of drug-likeness (QED) is 0.0236. The van der Waals surface area contributed by atoms with Gasteiger partial charge in [-0.2, -0.15) is 0 Å². The molecule has 0 aliphatic heterocycles. The van der Waals surface area contributed by atoms with Crippen LogP contribution in [0.25, 0.3) is 0 Å². The molecule has 0 atom stereocenters. The van der Waals surface area contributed by atoms with E-state index in [9.17, 15) is 14.4 Å². The van der Waals surface area contributed by atoms with Crippen LogP contribution in [0.3, 0.4) is 0 Å². The predicted molar refractivity (Wildman–Crippen MR) is 496 cm³/mol. The van der Waals surface area contributed by atoms with Crippen LogP contribution >= 0.6 is 8.60 Å². The normalized spacial score (nSPS) is 12.4. The van der Waals surface area contributed by atoms with Crippen LogP contribution in [0.2, 0.25) is 0 Å². The van der Waals surface area contributed by atoms with Crippen molar-refractivity contribution in [1.82, 2.24) is 0 Å². The Morgan fingerprint density at radius 3 is 0.600 bits per heavy atom. The van der Waals surface area contributed by atoms with E-state index in [4.69, 9.17) is 27.8 Å². The van der Waals surface area contributed by atoms with Crippen molar-refractivity contribution in [2.24, 2.45) is 16.2 Å². The second kappa shape index (κ2) is 61.2. The number of esters is 3. The van der Waals surface area contributed by atoms with Crippen molar-refractivity contribution in [1.29, 1.82) is 0 Å². The van der Waals surface area contributed by atoms with Gasteiger partial charge in [-0.05, 0) is 125 Å². The highest BCUT2D eigenvalue weighted by atomic mass is 31.2. The first-order valence-electron chi connectivity index (χ1n) is 48.6. The van der Waals surface area contributed by atoms with E-state index in [0.29, 0.717) is 75.6 Å². The summed E-state index contributed by atoms with van der Waals surface area (Å²) in [5.74, 6) is 1.55. The fourth-order valence-electron chi connectivity index (χ4n) is 18.0. The Kier molecular flexibility index (Phi) is 55.9. The fraction of sp³-hybridized carbons (Fsp3) is 0.800. The molecule has 115 heavy (non-hydrogen) atoms. The molecule has 0 bridgehead atoms. The maximum absolute atomic E-state index is 13.5. The molecule has 0 aliphatic carbocycles. The Labute approximate surface area is 712 Å². The van der Waals surface area contributed by atoms with Crippen LogP contribution in [0.15, 0.2) is 54.6 Å². The van der Waals surface area contributed by atoms with Crippen molar-refractivity contribution in [3.8, 4) is 17.2 Å². The molecule has 0 aromatic heterocycles. The van der Waals surface area contributed by atoms with Crippen LogP contribution in [0.1, 0.15) is 505 Å². The van der Waals surface area contributed by atoms with E-state index < -0.39 is 8.60 Å². The molecule has 662 valence electrons. The summed E-state index contributed by atoms with van der Waals surface area (Å²) in [4.78, 5) is 40.5. The van der Waals surface area contributed by atoms with Crippen LogP contribution in [0.4, 0.5) is 0 Å². The minimum atomic E-state index is -2.25. The van der Waals surface area contributed by atoms with Gasteiger partial charge in [0, 0.05) is 36.0 Å². The van der Waals surface area contributed by atoms with E-state index >= 15 is 0 Å². The lowest BCUT2D eigenvalue weighted by Crippen LogP contribution is -2.27. The number of benzene rings is 3. The zero-order valence-corrected chi connectivity index (χ0v) is 79.6. The Balaban J connectivity index is 1.90. The molecule has 9 nitrogen and oxygen atoms in total. The topological polar surface area (TPSA) is 107 Å². The Hall–Kier alpha value is -4.10. The van der Waals surface area contributed by atoms with E-state index in [2.05, 4.69) is 179 Å². The number of carbonyl (C=O) groups excluding carboxylic acids is 3. The lowest BCUT2D eigenvalue weighted by molar-refractivity contribution is -0.144. The lowest BCUT2D eigenvalue weighted by atomic mass is 9.71. The molecule has 0 heterocycles. The van der Waals surface area contributed by atoms with E-state index in [1.165, 1.54) is 270 Å². The Morgan fingerprint density at radius 1 is 0.252 bits per heavy atom. The highest BCUT2D eigenvalue weighted by Crippen LogP contribution is 2.53. The van der Waals surface area contributed by atoms with Gasteiger partial charge in [0.15, 0.2) is 0 Å². The molecule has 0 radical (unpaired) electrons. The Morgan fingerprint density at radius 2 is 0.426 bits per heavy atom.